The number of nitrogens with one attached hydrogen (secondary N) is 2. The summed E-state index contributed by atoms with van der Waals surface area (Å²) in [5, 5.41) is 12.9. The standard InChI is InChI=1S/C8H13N3S3/c1-12-8(9)10-3-5-13-6-7-2-4-14-11-7/h2,4H,3,5-6H2,1H3,(H2,9,10). The second-order valence-corrected chi connectivity index (χ2v) is 5.09. The lowest BCUT2D eigenvalue weighted by Crippen LogP contribution is -2.21. The molecule has 1 aromatic rings. The van der Waals surface area contributed by atoms with E-state index in [-0.39, 0.29) is 0 Å². The van der Waals surface area contributed by atoms with Crippen LogP contribution >= 0.6 is 35.1 Å². The van der Waals surface area contributed by atoms with E-state index in [0.717, 1.165) is 23.7 Å². The Labute approximate surface area is 96.7 Å². The maximum absolute atomic E-state index is 7.34. The summed E-state index contributed by atoms with van der Waals surface area (Å²) in [6.45, 7) is 0.856. The Kier molecular flexibility index (Phi) is 6.05. The molecule has 0 saturated heterocycles. The van der Waals surface area contributed by atoms with Crippen LogP contribution in [0.15, 0.2) is 11.4 Å². The van der Waals surface area contributed by atoms with Crippen molar-refractivity contribution in [3.05, 3.63) is 17.1 Å². The van der Waals surface area contributed by atoms with Gasteiger partial charge in [-0.2, -0.15) is 16.1 Å². The van der Waals surface area contributed by atoms with Crippen LogP contribution in [0.25, 0.3) is 0 Å². The molecule has 3 nitrogen and oxygen atoms in total. The normalized spacial score (nSPS) is 10.1. The Bertz CT molecular complexity index is 261. The van der Waals surface area contributed by atoms with E-state index in [1.807, 2.05) is 23.4 Å². The minimum Gasteiger partial charge on any atom is -0.364 e. The van der Waals surface area contributed by atoms with Crippen LogP contribution in [0.2, 0.25) is 0 Å². The molecular weight excluding hydrogens is 234 g/mol. The molecule has 0 aliphatic heterocycles. The highest BCUT2D eigenvalue weighted by Crippen LogP contribution is 2.10. The number of aromatic nitrogens is 1. The fraction of sp³-hybridized carbons (Fsp3) is 0.500. The molecule has 0 atom stereocenters. The number of rotatable bonds is 5. The molecule has 0 radical (unpaired) electrons. The topological polar surface area (TPSA) is 48.8 Å². The maximum Gasteiger partial charge on any atom is 0.153 e. The van der Waals surface area contributed by atoms with Crippen LogP contribution < -0.4 is 5.32 Å². The van der Waals surface area contributed by atoms with E-state index >= 15 is 0 Å². The molecule has 78 valence electrons. The van der Waals surface area contributed by atoms with Crippen molar-refractivity contribution in [2.24, 2.45) is 0 Å². The summed E-state index contributed by atoms with van der Waals surface area (Å²) in [6, 6.07) is 2.05. The van der Waals surface area contributed by atoms with Crippen molar-refractivity contribution in [1.29, 1.82) is 5.41 Å². The molecule has 0 aromatic carbocycles. The van der Waals surface area contributed by atoms with Crippen LogP contribution in [0.1, 0.15) is 5.69 Å². The lowest BCUT2D eigenvalue weighted by Gasteiger charge is -2.03. The van der Waals surface area contributed by atoms with Crippen molar-refractivity contribution in [3.63, 3.8) is 0 Å². The molecule has 1 aromatic heterocycles. The van der Waals surface area contributed by atoms with Crippen LogP contribution in [0.5, 0.6) is 0 Å². The lowest BCUT2D eigenvalue weighted by atomic mass is 10.5. The van der Waals surface area contributed by atoms with E-state index in [1.54, 1.807) is 0 Å². The molecular formula is C8H13N3S3. The minimum atomic E-state index is 0.541. The van der Waals surface area contributed by atoms with Gasteiger partial charge in [-0.15, -0.1) is 0 Å². The molecule has 0 aliphatic rings. The molecule has 1 heterocycles. The second-order valence-electron chi connectivity index (χ2n) is 2.50. The first-order chi connectivity index (χ1) is 6.83. The van der Waals surface area contributed by atoms with Gasteiger partial charge in [-0.05, 0) is 23.9 Å². The van der Waals surface area contributed by atoms with E-state index in [0.29, 0.717) is 5.17 Å². The highest BCUT2D eigenvalue weighted by atomic mass is 32.2. The summed E-state index contributed by atoms with van der Waals surface area (Å²) >= 11 is 4.77. The molecule has 0 unspecified atom stereocenters. The van der Waals surface area contributed by atoms with Crippen LogP contribution in [-0.2, 0) is 5.75 Å². The first kappa shape index (κ1) is 11.9. The third kappa shape index (κ3) is 4.88. The SMILES string of the molecule is CSC(=N)NCCSCc1ccsn1. The van der Waals surface area contributed by atoms with Crippen LogP contribution in [-0.4, -0.2) is 28.1 Å². The van der Waals surface area contributed by atoms with Gasteiger partial charge in [0, 0.05) is 23.4 Å². The van der Waals surface area contributed by atoms with Gasteiger partial charge in [-0.3, -0.25) is 5.41 Å². The molecule has 0 amide bonds. The van der Waals surface area contributed by atoms with Crippen molar-refractivity contribution in [3.8, 4) is 0 Å². The zero-order valence-electron chi connectivity index (χ0n) is 7.95. The summed E-state index contributed by atoms with van der Waals surface area (Å²) in [6.07, 6.45) is 1.90. The molecule has 14 heavy (non-hydrogen) atoms. The monoisotopic (exact) mass is 247 g/mol. The first-order valence-electron chi connectivity index (χ1n) is 4.16. The number of amidine groups is 1. The van der Waals surface area contributed by atoms with Crippen molar-refractivity contribution in [1.82, 2.24) is 9.69 Å². The second kappa shape index (κ2) is 7.14. The minimum absolute atomic E-state index is 0.541. The van der Waals surface area contributed by atoms with Gasteiger partial charge >= 0.3 is 0 Å². The van der Waals surface area contributed by atoms with Crippen LogP contribution in [0.3, 0.4) is 0 Å². The van der Waals surface area contributed by atoms with Gasteiger partial charge < -0.3 is 5.32 Å². The molecule has 6 heteroatoms. The molecule has 0 fully saturated rings. The fourth-order valence-electron chi connectivity index (χ4n) is 0.798. The van der Waals surface area contributed by atoms with E-state index in [4.69, 9.17) is 5.41 Å². The molecule has 0 spiro atoms. The summed E-state index contributed by atoms with van der Waals surface area (Å²) in [7, 11) is 0. The average Bonchev–Trinajstić information content (AvgIpc) is 2.69. The maximum atomic E-state index is 7.34. The first-order valence-corrected chi connectivity index (χ1v) is 7.38. The van der Waals surface area contributed by atoms with E-state index < -0.39 is 0 Å². The smallest absolute Gasteiger partial charge is 0.153 e. The number of nitrogens with zero attached hydrogens (tertiary/aromatic N) is 1. The largest absolute Gasteiger partial charge is 0.364 e. The van der Waals surface area contributed by atoms with E-state index in [9.17, 15) is 0 Å². The van der Waals surface area contributed by atoms with Gasteiger partial charge in [-0.1, -0.05) is 11.8 Å². The molecule has 2 N–H and O–H groups in total. The quantitative estimate of drug-likeness (QED) is 0.476. The third-order valence-electron chi connectivity index (χ3n) is 1.48. The van der Waals surface area contributed by atoms with Gasteiger partial charge in [0.1, 0.15) is 0 Å². The summed E-state index contributed by atoms with van der Waals surface area (Å²) < 4.78 is 4.22. The van der Waals surface area contributed by atoms with Gasteiger partial charge in [0.05, 0.1) is 5.69 Å². The lowest BCUT2D eigenvalue weighted by molar-refractivity contribution is 0.985. The predicted molar refractivity (Wildman–Crippen MR) is 67.5 cm³/mol. The Hall–Kier alpha value is -0.200. The van der Waals surface area contributed by atoms with Crippen LogP contribution in [0.4, 0.5) is 0 Å². The van der Waals surface area contributed by atoms with Crippen molar-refractivity contribution in [2.45, 2.75) is 5.75 Å². The summed E-state index contributed by atoms with van der Waals surface area (Å²) in [4.78, 5) is 0. The van der Waals surface area contributed by atoms with Crippen molar-refractivity contribution >= 4 is 40.2 Å². The summed E-state index contributed by atoms with van der Waals surface area (Å²) in [5.41, 5.74) is 1.15. The molecule has 0 aliphatic carbocycles. The highest BCUT2D eigenvalue weighted by molar-refractivity contribution is 8.13. The predicted octanol–water partition coefficient (Wildman–Crippen LogP) is 2.26. The number of hydrogen-bond acceptors (Lipinski definition) is 5. The summed E-state index contributed by atoms with van der Waals surface area (Å²) in [5.74, 6) is 1.98. The Balaban J connectivity index is 1.97. The van der Waals surface area contributed by atoms with E-state index in [2.05, 4.69) is 15.8 Å². The van der Waals surface area contributed by atoms with Gasteiger partial charge in [0.2, 0.25) is 0 Å². The van der Waals surface area contributed by atoms with Gasteiger partial charge in [0.15, 0.2) is 5.17 Å². The fourth-order valence-corrected chi connectivity index (χ4v) is 2.43. The molecule has 1 rings (SSSR count). The van der Waals surface area contributed by atoms with Crippen LogP contribution in [0, 0.1) is 5.41 Å². The molecule has 0 saturated carbocycles. The molecule has 0 bridgehead atoms. The third-order valence-corrected chi connectivity index (χ3v) is 3.62. The van der Waals surface area contributed by atoms with Gasteiger partial charge in [0.25, 0.3) is 0 Å². The Morgan fingerprint density at radius 3 is 3.21 bits per heavy atom. The van der Waals surface area contributed by atoms with Gasteiger partial charge in [-0.25, -0.2) is 0 Å². The zero-order chi connectivity index (χ0) is 10.2. The van der Waals surface area contributed by atoms with Crippen molar-refractivity contribution < 1.29 is 0 Å². The Morgan fingerprint density at radius 2 is 2.57 bits per heavy atom. The highest BCUT2D eigenvalue weighted by Gasteiger charge is 1.96. The van der Waals surface area contributed by atoms with E-state index in [1.165, 1.54) is 23.3 Å². The van der Waals surface area contributed by atoms with Crippen molar-refractivity contribution in [2.75, 3.05) is 18.6 Å². The average molecular weight is 247 g/mol. The zero-order valence-corrected chi connectivity index (χ0v) is 10.4. The Morgan fingerprint density at radius 1 is 1.71 bits per heavy atom. The number of thioether (sulfide) groups is 2. The number of hydrogen-bond donors (Lipinski definition) is 2.